The fraction of sp³-hybridized carbons (Fsp3) is 0.231. The zero-order valence-electron chi connectivity index (χ0n) is 19.6. The van der Waals surface area contributed by atoms with Gasteiger partial charge in [-0.15, -0.1) is 10.2 Å². The fourth-order valence-corrected chi connectivity index (χ4v) is 4.40. The number of nitrogens with zero attached hydrogens (tertiary/aromatic N) is 4. The van der Waals surface area contributed by atoms with Crippen LogP contribution in [0.2, 0.25) is 0 Å². The molecule has 184 valence electrons. The van der Waals surface area contributed by atoms with Crippen molar-refractivity contribution in [2.45, 2.75) is 6.42 Å². The van der Waals surface area contributed by atoms with Gasteiger partial charge in [-0.2, -0.15) is 0 Å². The largest absolute Gasteiger partial charge is 0.398 e. The first-order chi connectivity index (χ1) is 17.3. The number of carbonyl (C=O) groups excluding carboxylic acids is 2. The Balaban J connectivity index is 1.32. The van der Waals surface area contributed by atoms with E-state index in [9.17, 15) is 18.4 Å². The molecule has 0 saturated carbocycles. The average molecular weight is 491 g/mol. The molecule has 0 atom stereocenters. The summed E-state index contributed by atoms with van der Waals surface area (Å²) in [5.41, 5.74) is 9.06. The summed E-state index contributed by atoms with van der Waals surface area (Å²) >= 11 is 0. The molecule has 8 nitrogen and oxygen atoms in total. The monoisotopic (exact) mass is 490 g/mol. The van der Waals surface area contributed by atoms with Crippen LogP contribution in [0, 0.1) is 11.6 Å². The topological polar surface area (TPSA) is 103 Å². The summed E-state index contributed by atoms with van der Waals surface area (Å²) in [6.07, 6.45) is 3.23. The number of halogens is 2. The van der Waals surface area contributed by atoms with Crippen LogP contribution < -0.4 is 16.0 Å². The summed E-state index contributed by atoms with van der Waals surface area (Å²) in [6.45, 7) is 3.66. The number of azo groups is 1. The van der Waals surface area contributed by atoms with Gasteiger partial charge in [0.15, 0.2) is 11.6 Å². The number of amides is 1. The molecule has 36 heavy (non-hydrogen) atoms. The average Bonchev–Trinajstić information content (AvgIpc) is 3.25. The molecule has 5 rings (SSSR count). The fourth-order valence-electron chi connectivity index (χ4n) is 4.40. The van der Waals surface area contributed by atoms with E-state index in [1.54, 1.807) is 24.3 Å². The number of likely N-dealkylation sites (N-methyl/N-ethyl adjacent to an activating group) is 1. The van der Waals surface area contributed by atoms with Gasteiger partial charge in [-0.05, 0) is 43.5 Å². The predicted octanol–water partition coefficient (Wildman–Crippen LogP) is 3.80. The first-order valence-electron chi connectivity index (χ1n) is 11.5. The van der Waals surface area contributed by atoms with Crippen LogP contribution in [0.5, 0.6) is 0 Å². The Morgan fingerprint density at radius 1 is 0.972 bits per heavy atom. The van der Waals surface area contributed by atoms with Gasteiger partial charge >= 0.3 is 0 Å². The predicted molar refractivity (Wildman–Crippen MR) is 131 cm³/mol. The standard InChI is InChI=1S/C26H24F2N6O2/c1-33-6-8-34(9-7-33)19-3-4-20(22(29)14-19)26(36)30-25-21-12-15(2-5-23(21)31-32-25)24(35)16-10-17(27)13-18(28)11-16/h2-5,10-11,13-14H,6-9,12,29H2,1H3,(H,30,36). The van der Waals surface area contributed by atoms with Gasteiger partial charge in [-0.25, -0.2) is 8.78 Å². The lowest BCUT2D eigenvalue weighted by Crippen LogP contribution is -2.44. The van der Waals surface area contributed by atoms with E-state index in [-0.39, 0.29) is 17.8 Å². The lowest BCUT2D eigenvalue weighted by Gasteiger charge is -2.34. The van der Waals surface area contributed by atoms with Gasteiger partial charge in [-0.1, -0.05) is 6.08 Å². The minimum Gasteiger partial charge on any atom is -0.398 e. The molecule has 2 aromatic rings. The summed E-state index contributed by atoms with van der Waals surface area (Å²) in [4.78, 5) is 30.3. The lowest BCUT2D eigenvalue weighted by molar-refractivity contribution is 0.0965. The molecule has 2 aromatic carbocycles. The van der Waals surface area contributed by atoms with Crippen LogP contribution in [0.25, 0.3) is 0 Å². The number of allylic oxidation sites excluding steroid dienone is 4. The highest BCUT2D eigenvalue weighted by atomic mass is 19.1. The van der Waals surface area contributed by atoms with E-state index in [0.29, 0.717) is 34.2 Å². The highest BCUT2D eigenvalue weighted by Gasteiger charge is 2.27. The molecule has 3 aliphatic rings. The maximum atomic E-state index is 13.6. The van der Waals surface area contributed by atoms with Crippen molar-refractivity contribution in [2.24, 2.45) is 10.2 Å². The minimum atomic E-state index is -0.833. The molecule has 1 saturated heterocycles. The van der Waals surface area contributed by atoms with Crippen molar-refractivity contribution in [1.29, 1.82) is 0 Å². The van der Waals surface area contributed by atoms with E-state index < -0.39 is 23.3 Å². The number of carbonyl (C=O) groups is 2. The molecule has 1 amide bonds. The summed E-state index contributed by atoms with van der Waals surface area (Å²) in [7, 11) is 2.08. The van der Waals surface area contributed by atoms with Gasteiger partial charge in [-0.3, -0.25) is 9.59 Å². The van der Waals surface area contributed by atoms with E-state index in [2.05, 4.69) is 32.4 Å². The Morgan fingerprint density at radius 3 is 2.39 bits per heavy atom. The van der Waals surface area contributed by atoms with E-state index in [1.165, 1.54) is 0 Å². The quantitative estimate of drug-likeness (QED) is 0.490. The molecule has 0 spiro atoms. The maximum absolute atomic E-state index is 13.6. The van der Waals surface area contributed by atoms with E-state index in [0.717, 1.165) is 44.0 Å². The zero-order chi connectivity index (χ0) is 25.4. The van der Waals surface area contributed by atoms with Crippen LogP contribution in [0.15, 0.2) is 81.4 Å². The third-order valence-electron chi connectivity index (χ3n) is 6.46. The van der Waals surface area contributed by atoms with Gasteiger partial charge in [0.05, 0.1) is 11.3 Å². The van der Waals surface area contributed by atoms with Crippen LogP contribution in [0.1, 0.15) is 27.1 Å². The number of hydrogen-bond donors (Lipinski definition) is 2. The molecular weight excluding hydrogens is 466 g/mol. The van der Waals surface area contributed by atoms with Gasteiger partial charge in [0.25, 0.3) is 5.91 Å². The number of ketones is 1. The van der Waals surface area contributed by atoms with Gasteiger partial charge in [0, 0.05) is 66.8 Å². The van der Waals surface area contributed by atoms with Crippen LogP contribution in [-0.2, 0) is 0 Å². The highest BCUT2D eigenvalue weighted by molar-refractivity contribution is 6.09. The molecule has 2 heterocycles. The second-order valence-electron chi connectivity index (χ2n) is 8.95. The number of anilines is 2. The van der Waals surface area contributed by atoms with Crippen molar-refractivity contribution in [3.8, 4) is 0 Å². The van der Waals surface area contributed by atoms with Gasteiger partial charge < -0.3 is 20.9 Å². The summed E-state index contributed by atoms with van der Waals surface area (Å²) in [5.74, 6) is -2.43. The van der Waals surface area contributed by atoms with Crippen molar-refractivity contribution in [3.63, 3.8) is 0 Å². The van der Waals surface area contributed by atoms with Crippen molar-refractivity contribution in [2.75, 3.05) is 43.9 Å². The van der Waals surface area contributed by atoms with Crippen molar-refractivity contribution in [3.05, 3.63) is 94.0 Å². The molecule has 0 radical (unpaired) electrons. The molecule has 3 N–H and O–H groups in total. The SMILES string of the molecule is CN1CCN(c2ccc(C(=O)NC3=C4CC(C(=O)c5cc(F)cc(F)c5)=CC=C4N=N3)c(N)c2)CC1. The Morgan fingerprint density at radius 2 is 1.69 bits per heavy atom. The Labute approximate surface area is 206 Å². The number of fused-ring (bicyclic) bond motifs is 1. The number of nitrogens with one attached hydrogen (secondary N) is 1. The van der Waals surface area contributed by atoms with Crippen molar-refractivity contribution >= 4 is 23.1 Å². The van der Waals surface area contributed by atoms with Crippen molar-refractivity contribution in [1.82, 2.24) is 10.2 Å². The molecular formula is C26H24F2N6O2. The third kappa shape index (κ3) is 4.67. The van der Waals surface area contributed by atoms with E-state index >= 15 is 0 Å². The van der Waals surface area contributed by atoms with E-state index in [4.69, 9.17) is 5.73 Å². The number of rotatable bonds is 5. The number of nitrogens with two attached hydrogens (primary N) is 1. The van der Waals surface area contributed by atoms with Gasteiger partial charge in [0.2, 0.25) is 0 Å². The second kappa shape index (κ2) is 9.46. The number of Topliss-reactive ketones (excluding diaryl/α,β-unsaturated/α-hetero) is 1. The molecule has 0 bridgehead atoms. The molecule has 1 aliphatic carbocycles. The molecule has 2 aliphatic heterocycles. The first-order valence-corrected chi connectivity index (χ1v) is 11.5. The number of hydrogen-bond acceptors (Lipinski definition) is 7. The minimum absolute atomic E-state index is 0.0955. The normalized spacial score (nSPS) is 17.6. The zero-order valence-corrected chi connectivity index (χ0v) is 19.6. The maximum Gasteiger partial charge on any atom is 0.258 e. The second-order valence-corrected chi connectivity index (χ2v) is 8.95. The van der Waals surface area contributed by atoms with E-state index in [1.807, 2.05) is 6.07 Å². The van der Waals surface area contributed by atoms with Gasteiger partial charge in [0.1, 0.15) is 11.6 Å². The summed E-state index contributed by atoms with van der Waals surface area (Å²) in [5, 5.41) is 10.9. The smallest absolute Gasteiger partial charge is 0.258 e. The number of benzene rings is 2. The number of nitrogen functional groups attached to an aromatic ring is 1. The van der Waals surface area contributed by atoms with Crippen LogP contribution in [0.4, 0.5) is 20.2 Å². The molecule has 0 aromatic heterocycles. The molecule has 0 unspecified atom stereocenters. The number of piperazine rings is 1. The Hall–Kier alpha value is -4.18. The summed E-state index contributed by atoms with van der Waals surface area (Å²) in [6, 6.07) is 8.02. The molecule has 10 heteroatoms. The first kappa shape index (κ1) is 23.6. The van der Waals surface area contributed by atoms with Crippen LogP contribution >= 0.6 is 0 Å². The Bertz CT molecular complexity index is 1370. The lowest BCUT2D eigenvalue weighted by atomic mass is 9.91. The highest BCUT2D eigenvalue weighted by Crippen LogP contribution is 2.34. The third-order valence-corrected chi connectivity index (χ3v) is 6.46. The summed E-state index contributed by atoms with van der Waals surface area (Å²) < 4.78 is 27.2. The van der Waals surface area contributed by atoms with Crippen LogP contribution in [0.3, 0.4) is 0 Å². The van der Waals surface area contributed by atoms with Crippen LogP contribution in [-0.4, -0.2) is 49.8 Å². The van der Waals surface area contributed by atoms with Crippen molar-refractivity contribution < 1.29 is 18.4 Å². The molecule has 1 fully saturated rings. The Kier molecular flexibility index (Phi) is 6.19.